The highest BCUT2D eigenvalue weighted by Gasteiger charge is 2.30. The molecule has 0 unspecified atom stereocenters. The average molecular weight is 481 g/mol. The van der Waals surface area contributed by atoms with Crippen LogP contribution in [-0.4, -0.2) is 60.7 Å². The molecule has 0 amide bonds. The van der Waals surface area contributed by atoms with Gasteiger partial charge >= 0.3 is 0 Å². The van der Waals surface area contributed by atoms with Crippen molar-refractivity contribution in [1.29, 1.82) is 0 Å². The van der Waals surface area contributed by atoms with Crippen molar-refractivity contribution >= 4 is 10.2 Å². The van der Waals surface area contributed by atoms with Crippen LogP contribution in [0.2, 0.25) is 0 Å². The molecule has 1 aromatic carbocycles. The van der Waals surface area contributed by atoms with Gasteiger partial charge in [-0.25, -0.2) is 8.78 Å². The first-order chi connectivity index (χ1) is 15.7. The van der Waals surface area contributed by atoms with E-state index in [9.17, 15) is 17.2 Å². The Hall–Kier alpha value is -2.14. The minimum Gasteiger partial charge on any atom is -0.491 e. The summed E-state index contributed by atoms with van der Waals surface area (Å²) in [5.74, 6) is 0.203. The first-order valence-corrected chi connectivity index (χ1v) is 12.5. The summed E-state index contributed by atoms with van der Waals surface area (Å²) < 4.78 is 60.4. The first kappa shape index (κ1) is 24.0. The van der Waals surface area contributed by atoms with Crippen LogP contribution in [0.1, 0.15) is 41.7 Å². The van der Waals surface area contributed by atoms with E-state index in [2.05, 4.69) is 22.0 Å². The number of aromatic nitrogens is 1. The maximum Gasteiger partial charge on any atom is 0.281 e. The smallest absolute Gasteiger partial charge is 0.281 e. The molecule has 33 heavy (non-hydrogen) atoms. The van der Waals surface area contributed by atoms with Crippen LogP contribution in [-0.2, 0) is 29.8 Å². The predicted molar refractivity (Wildman–Crippen MR) is 121 cm³/mol. The van der Waals surface area contributed by atoms with Crippen LogP contribution < -0.4 is 4.74 Å². The molecular weight excluding hydrogens is 450 g/mol. The molecule has 0 spiro atoms. The van der Waals surface area contributed by atoms with Crippen LogP contribution in [0.15, 0.2) is 36.5 Å². The number of hydrogen-bond acceptors (Lipinski definition) is 5. The van der Waals surface area contributed by atoms with Crippen molar-refractivity contribution < 1.29 is 21.9 Å². The number of halogens is 2. The molecular formula is C23H30F2N4O3S. The molecule has 180 valence electrons. The van der Waals surface area contributed by atoms with Crippen LogP contribution in [0.25, 0.3) is 0 Å². The fraction of sp³-hybridized carbons (Fsp3) is 0.522. The van der Waals surface area contributed by atoms with E-state index < -0.39 is 16.6 Å². The lowest BCUT2D eigenvalue weighted by atomic mass is 9.99. The third-order valence-corrected chi connectivity index (χ3v) is 8.26. The molecule has 0 saturated carbocycles. The van der Waals surface area contributed by atoms with Gasteiger partial charge in [-0.05, 0) is 36.0 Å². The van der Waals surface area contributed by atoms with E-state index in [1.807, 2.05) is 12.1 Å². The summed E-state index contributed by atoms with van der Waals surface area (Å²) in [5.41, 5.74) is 2.96. The minimum atomic E-state index is -3.43. The van der Waals surface area contributed by atoms with E-state index in [4.69, 9.17) is 4.74 Å². The number of rotatable bonds is 8. The lowest BCUT2D eigenvalue weighted by Crippen LogP contribution is -2.45. The first-order valence-electron chi connectivity index (χ1n) is 11.1. The van der Waals surface area contributed by atoms with Crippen molar-refractivity contribution in [1.82, 2.24) is 18.5 Å². The standard InChI is InChI=1S/C23H30F2N4O3S/c1-27(2)33(30,31)29-9-7-17(8-10-29)16-32-22-12-26-20(11-21(22)23(24)25)15-28-13-18-5-3-4-6-19(18)14-28/h3-6,11-12,17,23H,7-10,13-16H2,1-2H3. The Kier molecular flexibility index (Phi) is 7.28. The summed E-state index contributed by atoms with van der Waals surface area (Å²) in [4.78, 5) is 6.56. The molecule has 10 heteroatoms. The van der Waals surface area contributed by atoms with Gasteiger partial charge in [-0.1, -0.05) is 24.3 Å². The van der Waals surface area contributed by atoms with Gasteiger partial charge in [0.25, 0.3) is 16.6 Å². The number of alkyl halides is 2. The lowest BCUT2D eigenvalue weighted by molar-refractivity contribution is 0.137. The largest absolute Gasteiger partial charge is 0.491 e. The molecule has 2 aliphatic rings. The summed E-state index contributed by atoms with van der Waals surface area (Å²) in [6.07, 6.45) is -0.0216. The number of nitrogens with zero attached hydrogens (tertiary/aromatic N) is 4. The molecule has 0 N–H and O–H groups in total. The fourth-order valence-electron chi connectivity index (χ4n) is 4.37. The van der Waals surface area contributed by atoms with Gasteiger partial charge in [0.05, 0.1) is 24.1 Å². The molecule has 4 rings (SSSR count). The van der Waals surface area contributed by atoms with E-state index in [1.54, 1.807) is 0 Å². The Balaban J connectivity index is 1.34. The third kappa shape index (κ3) is 5.51. The number of pyridine rings is 1. The number of hydrogen-bond donors (Lipinski definition) is 0. The topological polar surface area (TPSA) is 66.0 Å². The maximum absolute atomic E-state index is 13.8. The van der Waals surface area contributed by atoms with Crippen molar-refractivity contribution in [2.75, 3.05) is 33.8 Å². The van der Waals surface area contributed by atoms with Crippen molar-refractivity contribution in [2.45, 2.75) is 38.9 Å². The van der Waals surface area contributed by atoms with Crippen LogP contribution in [0.4, 0.5) is 8.78 Å². The highest BCUT2D eigenvalue weighted by atomic mass is 32.2. The molecule has 1 fully saturated rings. The van der Waals surface area contributed by atoms with Crippen molar-refractivity contribution in [3.63, 3.8) is 0 Å². The summed E-state index contributed by atoms with van der Waals surface area (Å²) in [6.45, 7) is 3.10. The molecule has 1 saturated heterocycles. The zero-order chi connectivity index (χ0) is 23.6. The fourth-order valence-corrected chi connectivity index (χ4v) is 5.51. The van der Waals surface area contributed by atoms with Gasteiger partial charge in [-0.15, -0.1) is 0 Å². The summed E-state index contributed by atoms with van der Waals surface area (Å²) in [5, 5.41) is 0. The third-order valence-electron chi connectivity index (χ3n) is 6.32. The van der Waals surface area contributed by atoms with Crippen molar-refractivity contribution in [3.05, 3.63) is 58.9 Å². The van der Waals surface area contributed by atoms with Crippen LogP contribution in [0.3, 0.4) is 0 Å². The average Bonchev–Trinajstić information content (AvgIpc) is 3.20. The van der Waals surface area contributed by atoms with Gasteiger partial charge in [-0.2, -0.15) is 17.0 Å². The van der Waals surface area contributed by atoms with Gasteiger partial charge in [-0.3, -0.25) is 9.88 Å². The minimum absolute atomic E-state index is 0.0989. The molecule has 3 heterocycles. The van der Waals surface area contributed by atoms with Crippen LogP contribution in [0.5, 0.6) is 5.75 Å². The number of benzene rings is 1. The summed E-state index contributed by atoms with van der Waals surface area (Å²) in [6, 6.07) is 9.63. The monoisotopic (exact) mass is 480 g/mol. The Morgan fingerprint density at radius 2 is 1.79 bits per heavy atom. The van der Waals surface area contributed by atoms with Gasteiger partial charge in [0, 0.05) is 46.8 Å². The van der Waals surface area contributed by atoms with Gasteiger partial charge < -0.3 is 4.74 Å². The number of fused-ring (bicyclic) bond motifs is 1. The summed E-state index contributed by atoms with van der Waals surface area (Å²) in [7, 11) is -0.409. The quantitative estimate of drug-likeness (QED) is 0.579. The summed E-state index contributed by atoms with van der Waals surface area (Å²) >= 11 is 0. The Morgan fingerprint density at radius 1 is 1.15 bits per heavy atom. The van der Waals surface area contributed by atoms with Crippen molar-refractivity contribution in [3.8, 4) is 5.75 Å². The van der Waals surface area contributed by atoms with Gasteiger partial charge in [0.1, 0.15) is 5.75 Å². The molecule has 0 radical (unpaired) electrons. The van der Waals surface area contributed by atoms with Crippen LogP contribution in [0, 0.1) is 5.92 Å². The van der Waals surface area contributed by atoms with Crippen LogP contribution >= 0.6 is 0 Å². The number of ether oxygens (including phenoxy) is 1. The molecule has 2 aromatic rings. The van der Waals surface area contributed by atoms with E-state index in [1.165, 1.54) is 46.1 Å². The Labute approximate surface area is 194 Å². The molecule has 0 bridgehead atoms. The molecule has 7 nitrogen and oxygen atoms in total. The predicted octanol–water partition coefficient (Wildman–Crippen LogP) is 3.43. The molecule has 1 aromatic heterocycles. The second-order valence-corrected chi connectivity index (χ2v) is 11.0. The van der Waals surface area contributed by atoms with Gasteiger partial charge in [0.2, 0.25) is 0 Å². The zero-order valence-corrected chi connectivity index (χ0v) is 19.8. The second-order valence-electron chi connectivity index (χ2n) is 8.87. The van der Waals surface area contributed by atoms with E-state index in [-0.39, 0.29) is 23.8 Å². The highest BCUT2D eigenvalue weighted by Crippen LogP contribution is 2.31. The SMILES string of the molecule is CN(C)S(=O)(=O)N1CCC(COc2cnc(CN3Cc4ccccc4C3)cc2C(F)F)CC1. The maximum atomic E-state index is 13.8. The second kappa shape index (κ2) is 10.0. The van der Waals surface area contributed by atoms with E-state index in [0.29, 0.717) is 38.2 Å². The van der Waals surface area contributed by atoms with E-state index in [0.717, 1.165) is 13.1 Å². The lowest BCUT2D eigenvalue weighted by Gasteiger charge is -2.32. The highest BCUT2D eigenvalue weighted by molar-refractivity contribution is 7.86. The Morgan fingerprint density at radius 3 is 2.36 bits per heavy atom. The van der Waals surface area contributed by atoms with Gasteiger partial charge in [0.15, 0.2) is 0 Å². The van der Waals surface area contributed by atoms with Crippen molar-refractivity contribution in [2.24, 2.45) is 5.92 Å². The molecule has 0 atom stereocenters. The molecule has 2 aliphatic heterocycles. The number of piperidine rings is 1. The Bertz CT molecular complexity index is 1050. The normalized spacial score (nSPS) is 18.2. The zero-order valence-electron chi connectivity index (χ0n) is 19.0. The molecule has 0 aliphatic carbocycles. The van der Waals surface area contributed by atoms with E-state index >= 15 is 0 Å².